The molecular formula is C13H14F3N3O2S. The van der Waals surface area contributed by atoms with E-state index in [2.05, 4.69) is 16.5 Å². The Bertz CT molecular complexity index is 838. The van der Waals surface area contributed by atoms with Crippen LogP contribution in [0.1, 0.15) is 18.4 Å². The van der Waals surface area contributed by atoms with E-state index in [0.717, 1.165) is 12.3 Å². The number of hydrogen-bond acceptors (Lipinski definition) is 4. The van der Waals surface area contributed by atoms with Gasteiger partial charge in [-0.3, -0.25) is 0 Å². The molecule has 0 saturated carbocycles. The maximum Gasteiger partial charge on any atom is 0.433 e. The SMILES string of the molecule is C=C(Cc1nc2cc(C(F)(F)F)ncc2n1C)S(=O)(=O)CC. The minimum absolute atomic E-state index is 0.0163. The topological polar surface area (TPSA) is 64.8 Å². The molecular weight excluding hydrogens is 319 g/mol. The summed E-state index contributed by atoms with van der Waals surface area (Å²) < 4.78 is 62.9. The Balaban J connectivity index is 2.45. The molecule has 2 aromatic heterocycles. The number of pyridine rings is 1. The third-order valence-corrected chi connectivity index (χ3v) is 5.11. The van der Waals surface area contributed by atoms with Gasteiger partial charge in [-0.2, -0.15) is 13.2 Å². The predicted octanol–water partition coefficient (Wildman–Crippen LogP) is 2.48. The summed E-state index contributed by atoms with van der Waals surface area (Å²) in [4.78, 5) is 7.43. The van der Waals surface area contributed by atoms with Gasteiger partial charge in [0.05, 0.1) is 23.0 Å². The Labute approximate surface area is 125 Å². The summed E-state index contributed by atoms with van der Waals surface area (Å²) in [6.07, 6.45) is -3.53. The summed E-state index contributed by atoms with van der Waals surface area (Å²) in [5, 5.41) is 0. The third kappa shape index (κ3) is 2.99. The Morgan fingerprint density at radius 1 is 1.41 bits per heavy atom. The molecule has 0 aliphatic rings. The van der Waals surface area contributed by atoms with Crippen molar-refractivity contribution in [1.29, 1.82) is 0 Å². The second-order valence-electron chi connectivity index (χ2n) is 4.76. The second-order valence-corrected chi connectivity index (χ2v) is 7.15. The van der Waals surface area contributed by atoms with Gasteiger partial charge in [0, 0.05) is 18.4 Å². The van der Waals surface area contributed by atoms with E-state index in [1.54, 1.807) is 7.05 Å². The second kappa shape index (κ2) is 5.38. The number of aromatic nitrogens is 3. The van der Waals surface area contributed by atoms with Gasteiger partial charge in [-0.25, -0.2) is 18.4 Å². The molecule has 2 aromatic rings. The lowest BCUT2D eigenvalue weighted by atomic mass is 10.3. The molecule has 0 radical (unpaired) electrons. The fourth-order valence-electron chi connectivity index (χ4n) is 1.94. The molecule has 0 spiro atoms. The van der Waals surface area contributed by atoms with Crippen molar-refractivity contribution in [3.63, 3.8) is 0 Å². The average molecular weight is 333 g/mol. The number of sulfone groups is 1. The molecule has 0 atom stereocenters. The molecule has 9 heteroatoms. The molecule has 0 aliphatic heterocycles. The van der Waals surface area contributed by atoms with Crippen LogP contribution in [0, 0.1) is 0 Å². The summed E-state index contributed by atoms with van der Waals surface area (Å²) in [7, 11) is -1.84. The van der Waals surface area contributed by atoms with Crippen LogP contribution >= 0.6 is 0 Å². The molecule has 120 valence electrons. The zero-order valence-electron chi connectivity index (χ0n) is 12.0. The predicted molar refractivity (Wildman–Crippen MR) is 75.8 cm³/mol. The van der Waals surface area contributed by atoms with Crippen LogP contribution in [0.4, 0.5) is 13.2 Å². The number of fused-ring (bicyclic) bond motifs is 1. The number of nitrogens with zero attached hydrogens (tertiary/aromatic N) is 3. The first-order chi connectivity index (χ1) is 10.1. The highest BCUT2D eigenvalue weighted by atomic mass is 32.2. The summed E-state index contributed by atoms with van der Waals surface area (Å²) in [6, 6.07) is 0.843. The molecule has 2 rings (SSSR count). The maximum atomic E-state index is 12.6. The van der Waals surface area contributed by atoms with Gasteiger partial charge in [0.15, 0.2) is 9.84 Å². The summed E-state index contributed by atoms with van der Waals surface area (Å²) in [6.45, 7) is 5.02. The van der Waals surface area contributed by atoms with Gasteiger partial charge in [0.1, 0.15) is 11.5 Å². The largest absolute Gasteiger partial charge is 0.433 e. The number of hydrogen-bond donors (Lipinski definition) is 0. The first kappa shape index (κ1) is 16.5. The number of alkyl halides is 3. The zero-order valence-corrected chi connectivity index (χ0v) is 12.8. The molecule has 5 nitrogen and oxygen atoms in total. The molecule has 22 heavy (non-hydrogen) atoms. The van der Waals surface area contributed by atoms with Crippen LogP contribution in [0.15, 0.2) is 23.7 Å². The molecule has 0 fully saturated rings. The van der Waals surface area contributed by atoms with Crippen molar-refractivity contribution in [3.8, 4) is 0 Å². The van der Waals surface area contributed by atoms with Crippen molar-refractivity contribution in [2.45, 2.75) is 19.5 Å². The van der Waals surface area contributed by atoms with Crippen LogP contribution < -0.4 is 0 Å². The highest BCUT2D eigenvalue weighted by molar-refractivity contribution is 7.95. The van der Waals surface area contributed by atoms with E-state index in [0.29, 0.717) is 11.3 Å². The number of rotatable bonds is 4. The molecule has 2 heterocycles. The van der Waals surface area contributed by atoms with Gasteiger partial charge >= 0.3 is 6.18 Å². The summed E-state index contributed by atoms with van der Waals surface area (Å²) in [5.74, 6) is 0.230. The standard InChI is InChI=1S/C13H14F3N3O2S/c1-4-22(20,21)8(2)5-12-18-9-6-11(13(14,15)16)17-7-10(9)19(12)3/h6-7H,2,4-5H2,1,3H3. The number of allylic oxidation sites excluding steroid dienone is 1. The van der Waals surface area contributed by atoms with Crippen molar-refractivity contribution in [1.82, 2.24) is 14.5 Å². The van der Waals surface area contributed by atoms with Crippen molar-refractivity contribution in [3.05, 3.63) is 35.3 Å². The Hall–Kier alpha value is -1.90. The van der Waals surface area contributed by atoms with Gasteiger partial charge in [-0.1, -0.05) is 13.5 Å². The Morgan fingerprint density at radius 3 is 2.59 bits per heavy atom. The number of imidazole rings is 1. The van der Waals surface area contributed by atoms with E-state index in [-0.39, 0.29) is 22.6 Å². The minimum atomic E-state index is -4.55. The zero-order chi connectivity index (χ0) is 16.7. The Morgan fingerprint density at radius 2 is 2.05 bits per heavy atom. The van der Waals surface area contributed by atoms with E-state index in [9.17, 15) is 21.6 Å². The Kier molecular flexibility index (Phi) is 4.03. The molecule has 0 aromatic carbocycles. The summed E-state index contributed by atoms with van der Waals surface area (Å²) >= 11 is 0. The van der Waals surface area contributed by atoms with Crippen LogP contribution in [0.2, 0.25) is 0 Å². The average Bonchev–Trinajstić information content (AvgIpc) is 2.74. The van der Waals surface area contributed by atoms with E-state index in [4.69, 9.17) is 0 Å². The third-order valence-electron chi connectivity index (χ3n) is 3.33. The molecule has 0 amide bonds. The molecule has 0 N–H and O–H groups in total. The molecule has 0 aliphatic carbocycles. The van der Waals surface area contributed by atoms with Gasteiger partial charge in [-0.05, 0) is 6.07 Å². The smallest absolute Gasteiger partial charge is 0.330 e. The van der Waals surface area contributed by atoms with E-state index in [1.165, 1.54) is 11.5 Å². The van der Waals surface area contributed by atoms with E-state index in [1.807, 2.05) is 0 Å². The normalized spacial score (nSPS) is 12.8. The molecule has 0 unspecified atom stereocenters. The lowest BCUT2D eigenvalue weighted by Crippen LogP contribution is -2.10. The lowest BCUT2D eigenvalue weighted by Gasteiger charge is -2.06. The highest BCUT2D eigenvalue weighted by Gasteiger charge is 2.33. The minimum Gasteiger partial charge on any atom is -0.330 e. The quantitative estimate of drug-likeness (QED) is 0.862. The molecule has 0 bridgehead atoms. The highest BCUT2D eigenvalue weighted by Crippen LogP contribution is 2.29. The first-order valence-electron chi connectivity index (χ1n) is 6.35. The molecule has 0 saturated heterocycles. The van der Waals surface area contributed by atoms with Crippen LogP contribution in [0.5, 0.6) is 0 Å². The van der Waals surface area contributed by atoms with Crippen molar-refractivity contribution >= 4 is 20.9 Å². The summed E-state index contributed by atoms with van der Waals surface area (Å²) in [5.41, 5.74) is -0.532. The van der Waals surface area contributed by atoms with E-state index < -0.39 is 21.7 Å². The van der Waals surface area contributed by atoms with Crippen LogP contribution in [-0.2, 0) is 29.5 Å². The fourth-order valence-corrected chi connectivity index (χ4v) is 2.70. The van der Waals surface area contributed by atoms with Crippen LogP contribution in [-0.4, -0.2) is 28.7 Å². The monoisotopic (exact) mass is 333 g/mol. The van der Waals surface area contributed by atoms with Crippen molar-refractivity contribution in [2.24, 2.45) is 7.05 Å². The van der Waals surface area contributed by atoms with Gasteiger partial charge in [0.2, 0.25) is 0 Å². The first-order valence-corrected chi connectivity index (χ1v) is 8.00. The van der Waals surface area contributed by atoms with Crippen LogP contribution in [0.3, 0.4) is 0 Å². The van der Waals surface area contributed by atoms with E-state index >= 15 is 0 Å². The van der Waals surface area contributed by atoms with Gasteiger partial charge in [-0.15, -0.1) is 0 Å². The van der Waals surface area contributed by atoms with Gasteiger partial charge < -0.3 is 4.57 Å². The fraction of sp³-hybridized carbons (Fsp3) is 0.385. The number of halogens is 3. The maximum absolute atomic E-state index is 12.6. The van der Waals surface area contributed by atoms with Gasteiger partial charge in [0.25, 0.3) is 0 Å². The van der Waals surface area contributed by atoms with Crippen LogP contribution in [0.25, 0.3) is 11.0 Å². The number of aryl methyl sites for hydroxylation is 1. The van der Waals surface area contributed by atoms with Crippen molar-refractivity contribution in [2.75, 3.05) is 5.75 Å². The lowest BCUT2D eigenvalue weighted by molar-refractivity contribution is -0.141. The van der Waals surface area contributed by atoms with Crippen molar-refractivity contribution < 1.29 is 21.6 Å².